The van der Waals surface area contributed by atoms with Gasteiger partial charge in [-0.1, -0.05) is 29.3 Å². The van der Waals surface area contributed by atoms with Crippen LogP contribution in [0.2, 0.25) is 10.0 Å². The lowest BCUT2D eigenvalue weighted by molar-refractivity contribution is -0.139. The summed E-state index contributed by atoms with van der Waals surface area (Å²) in [6.45, 7) is 1.34. The molecule has 2 aromatic rings. The number of halogens is 3. The first-order valence-corrected chi connectivity index (χ1v) is 8.44. The van der Waals surface area contributed by atoms with E-state index in [9.17, 15) is 14.0 Å². The summed E-state index contributed by atoms with van der Waals surface area (Å²) in [6.07, 6.45) is -0.861. The molecule has 1 N–H and O–H groups in total. The molecule has 0 saturated heterocycles. The Hall–Kier alpha value is -2.31. The number of likely N-dealkylation sites (N-methyl/N-ethyl adjacent to an activating group) is 1. The third kappa shape index (κ3) is 5.61. The maximum Gasteiger partial charge on any atom is 0.263 e. The first kappa shape index (κ1) is 20.0. The topological polar surface area (TPSA) is 58.6 Å². The van der Waals surface area contributed by atoms with Crippen molar-refractivity contribution in [2.45, 2.75) is 13.0 Å². The molecule has 26 heavy (non-hydrogen) atoms. The van der Waals surface area contributed by atoms with Crippen molar-refractivity contribution >= 4 is 40.7 Å². The van der Waals surface area contributed by atoms with Crippen LogP contribution in [0.25, 0.3) is 0 Å². The fraction of sp³-hybridized carbons (Fsp3) is 0.222. The van der Waals surface area contributed by atoms with Gasteiger partial charge in [-0.15, -0.1) is 0 Å². The Labute approximate surface area is 160 Å². The van der Waals surface area contributed by atoms with Gasteiger partial charge in [0.15, 0.2) is 6.10 Å². The molecular weight excluding hydrogens is 382 g/mol. The number of hydrogen-bond acceptors (Lipinski definition) is 3. The normalized spacial score (nSPS) is 11.6. The number of carbonyl (C=O) groups is 2. The highest BCUT2D eigenvalue weighted by molar-refractivity contribution is 6.35. The molecule has 0 unspecified atom stereocenters. The van der Waals surface area contributed by atoms with Crippen LogP contribution >= 0.6 is 23.2 Å². The van der Waals surface area contributed by atoms with E-state index in [0.29, 0.717) is 16.5 Å². The first-order chi connectivity index (χ1) is 12.3. The predicted octanol–water partition coefficient (Wildman–Crippen LogP) is 4.00. The van der Waals surface area contributed by atoms with Gasteiger partial charge in [-0.2, -0.15) is 0 Å². The van der Waals surface area contributed by atoms with E-state index in [-0.39, 0.29) is 11.6 Å². The van der Waals surface area contributed by atoms with Gasteiger partial charge in [0.05, 0.1) is 11.6 Å². The summed E-state index contributed by atoms with van der Waals surface area (Å²) in [5.74, 6) is -1.02. The zero-order valence-corrected chi connectivity index (χ0v) is 15.6. The highest BCUT2D eigenvalue weighted by Crippen LogP contribution is 2.28. The SMILES string of the molecule is C[C@@H](Oc1ccc(Cl)cc1Cl)C(=O)N(C)CC(=O)Nc1cccc(F)c1. The average molecular weight is 399 g/mol. The molecule has 2 amide bonds. The van der Waals surface area contributed by atoms with Gasteiger partial charge >= 0.3 is 0 Å². The second kappa shape index (κ2) is 8.87. The first-order valence-electron chi connectivity index (χ1n) is 7.68. The van der Waals surface area contributed by atoms with Gasteiger partial charge in [-0.25, -0.2) is 4.39 Å². The van der Waals surface area contributed by atoms with Gasteiger partial charge in [0.2, 0.25) is 5.91 Å². The summed E-state index contributed by atoms with van der Waals surface area (Å²) < 4.78 is 18.7. The zero-order valence-electron chi connectivity index (χ0n) is 14.1. The molecule has 0 heterocycles. The minimum absolute atomic E-state index is 0.211. The summed E-state index contributed by atoms with van der Waals surface area (Å²) >= 11 is 11.8. The molecule has 5 nitrogen and oxygen atoms in total. The number of rotatable bonds is 6. The Morgan fingerprint density at radius 3 is 2.62 bits per heavy atom. The standard InChI is InChI=1S/C18H17Cl2FN2O3/c1-11(26-16-7-6-12(19)8-15(16)20)18(25)23(2)10-17(24)22-14-5-3-4-13(21)9-14/h3-9,11H,10H2,1-2H3,(H,22,24)/t11-/m1/s1. The molecular formula is C18H17Cl2FN2O3. The van der Waals surface area contributed by atoms with E-state index in [1.807, 2.05) is 0 Å². The molecule has 0 radical (unpaired) electrons. The number of nitrogens with zero attached hydrogens (tertiary/aromatic N) is 1. The van der Waals surface area contributed by atoms with Crippen LogP contribution in [-0.4, -0.2) is 36.4 Å². The molecule has 1 atom stereocenters. The van der Waals surface area contributed by atoms with Crippen LogP contribution in [0.4, 0.5) is 10.1 Å². The second-order valence-electron chi connectivity index (χ2n) is 5.59. The lowest BCUT2D eigenvalue weighted by Gasteiger charge is -2.22. The van der Waals surface area contributed by atoms with Crippen molar-refractivity contribution in [1.82, 2.24) is 4.90 Å². The average Bonchev–Trinajstić information content (AvgIpc) is 2.56. The number of benzene rings is 2. The summed E-state index contributed by atoms with van der Waals surface area (Å²) in [5.41, 5.74) is 0.313. The summed E-state index contributed by atoms with van der Waals surface area (Å²) in [5, 5.41) is 3.26. The van der Waals surface area contributed by atoms with E-state index >= 15 is 0 Å². The van der Waals surface area contributed by atoms with Crippen LogP contribution < -0.4 is 10.1 Å². The number of hydrogen-bond donors (Lipinski definition) is 1. The van der Waals surface area contributed by atoms with Crippen molar-refractivity contribution in [3.8, 4) is 5.75 Å². The lowest BCUT2D eigenvalue weighted by atomic mass is 10.3. The predicted molar refractivity (Wildman–Crippen MR) is 99.2 cm³/mol. The number of anilines is 1. The van der Waals surface area contributed by atoms with Crippen molar-refractivity contribution in [3.05, 3.63) is 58.3 Å². The molecule has 0 saturated carbocycles. The number of carbonyl (C=O) groups excluding carboxylic acids is 2. The fourth-order valence-electron chi connectivity index (χ4n) is 2.18. The number of amides is 2. The van der Waals surface area contributed by atoms with Crippen molar-refractivity contribution in [2.24, 2.45) is 0 Å². The molecule has 0 fully saturated rings. The highest BCUT2D eigenvalue weighted by Gasteiger charge is 2.22. The van der Waals surface area contributed by atoms with Crippen molar-refractivity contribution in [1.29, 1.82) is 0 Å². The lowest BCUT2D eigenvalue weighted by Crippen LogP contribution is -2.42. The largest absolute Gasteiger partial charge is 0.479 e. The molecule has 0 aliphatic heterocycles. The highest BCUT2D eigenvalue weighted by atomic mass is 35.5. The molecule has 0 aliphatic carbocycles. The molecule has 2 rings (SSSR count). The van der Waals surface area contributed by atoms with Crippen molar-refractivity contribution in [2.75, 3.05) is 18.9 Å². The van der Waals surface area contributed by atoms with Gasteiger partial charge < -0.3 is 15.0 Å². The van der Waals surface area contributed by atoms with Gasteiger partial charge in [0.1, 0.15) is 11.6 Å². The Morgan fingerprint density at radius 2 is 1.96 bits per heavy atom. The number of nitrogens with one attached hydrogen (secondary N) is 1. The van der Waals surface area contributed by atoms with E-state index in [1.165, 1.54) is 36.2 Å². The maximum atomic E-state index is 13.1. The minimum atomic E-state index is -0.861. The molecule has 0 spiro atoms. The van der Waals surface area contributed by atoms with E-state index in [0.717, 1.165) is 0 Å². The van der Waals surface area contributed by atoms with Crippen LogP contribution in [0.5, 0.6) is 5.75 Å². The van der Waals surface area contributed by atoms with Gasteiger partial charge in [-0.3, -0.25) is 9.59 Å². The fourth-order valence-corrected chi connectivity index (χ4v) is 2.64. The van der Waals surface area contributed by atoms with Crippen LogP contribution in [0.1, 0.15) is 6.92 Å². The second-order valence-corrected chi connectivity index (χ2v) is 6.43. The quantitative estimate of drug-likeness (QED) is 0.799. The van der Waals surface area contributed by atoms with Crippen LogP contribution in [-0.2, 0) is 9.59 Å². The van der Waals surface area contributed by atoms with Crippen molar-refractivity contribution < 1.29 is 18.7 Å². The van der Waals surface area contributed by atoms with E-state index in [2.05, 4.69) is 5.32 Å². The van der Waals surface area contributed by atoms with Gasteiger partial charge in [0, 0.05) is 17.8 Å². The third-order valence-electron chi connectivity index (χ3n) is 3.41. The monoisotopic (exact) mass is 398 g/mol. The molecule has 0 aliphatic rings. The molecule has 0 bridgehead atoms. The van der Waals surface area contributed by atoms with Crippen LogP contribution in [0, 0.1) is 5.82 Å². The molecule has 0 aromatic heterocycles. The van der Waals surface area contributed by atoms with Crippen LogP contribution in [0.15, 0.2) is 42.5 Å². The summed E-state index contributed by atoms with van der Waals surface area (Å²) in [4.78, 5) is 25.6. The summed E-state index contributed by atoms with van der Waals surface area (Å²) in [7, 11) is 1.47. The number of ether oxygens (including phenoxy) is 1. The van der Waals surface area contributed by atoms with E-state index < -0.39 is 23.7 Å². The van der Waals surface area contributed by atoms with Gasteiger partial charge in [0.25, 0.3) is 5.91 Å². The molecule has 2 aromatic carbocycles. The molecule has 138 valence electrons. The van der Waals surface area contributed by atoms with E-state index in [4.69, 9.17) is 27.9 Å². The third-order valence-corrected chi connectivity index (χ3v) is 3.94. The van der Waals surface area contributed by atoms with Crippen LogP contribution in [0.3, 0.4) is 0 Å². The Kier molecular flexibility index (Phi) is 6.83. The zero-order chi connectivity index (χ0) is 19.3. The van der Waals surface area contributed by atoms with E-state index in [1.54, 1.807) is 25.1 Å². The van der Waals surface area contributed by atoms with Gasteiger partial charge in [-0.05, 0) is 43.3 Å². The Balaban J connectivity index is 1.92. The summed E-state index contributed by atoms with van der Waals surface area (Å²) in [6, 6.07) is 10.1. The smallest absolute Gasteiger partial charge is 0.263 e. The molecule has 8 heteroatoms. The van der Waals surface area contributed by atoms with Crippen molar-refractivity contribution in [3.63, 3.8) is 0 Å². The Bertz CT molecular complexity index is 817. The maximum absolute atomic E-state index is 13.1. The Morgan fingerprint density at radius 1 is 1.23 bits per heavy atom. The minimum Gasteiger partial charge on any atom is -0.479 e.